The molecule has 4 nitrogen and oxygen atoms in total. The minimum absolute atomic E-state index is 0.115. The molecule has 0 saturated heterocycles. The standard InChI is InChI=1S/C11H12ClFN4/c1-6(2)10-11(14)15-16-17(10)9-5-7(13)3-4-8(9)12/h3-6H,14H2,1-2H3. The quantitative estimate of drug-likeness (QED) is 0.897. The van der Waals surface area contributed by atoms with Gasteiger partial charge in [0.25, 0.3) is 0 Å². The smallest absolute Gasteiger partial charge is 0.169 e. The third kappa shape index (κ3) is 2.10. The maximum atomic E-state index is 13.2. The van der Waals surface area contributed by atoms with Gasteiger partial charge in [0.2, 0.25) is 0 Å². The lowest BCUT2D eigenvalue weighted by molar-refractivity contribution is 0.622. The predicted octanol–water partition coefficient (Wildman–Crippen LogP) is 2.77. The number of benzene rings is 1. The Bertz CT molecular complexity index is 550. The Hall–Kier alpha value is -1.62. The highest BCUT2D eigenvalue weighted by atomic mass is 35.5. The topological polar surface area (TPSA) is 56.7 Å². The molecule has 0 saturated carbocycles. The van der Waals surface area contributed by atoms with Crippen molar-refractivity contribution in [2.24, 2.45) is 0 Å². The molecule has 0 spiro atoms. The van der Waals surface area contributed by atoms with Crippen molar-refractivity contribution in [1.29, 1.82) is 0 Å². The summed E-state index contributed by atoms with van der Waals surface area (Å²) in [6.07, 6.45) is 0. The van der Waals surface area contributed by atoms with E-state index in [1.807, 2.05) is 13.8 Å². The summed E-state index contributed by atoms with van der Waals surface area (Å²) < 4.78 is 14.7. The fourth-order valence-electron chi connectivity index (χ4n) is 1.67. The first-order valence-corrected chi connectivity index (χ1v) is 5.55. The summed E-state index contributed by atoms with van der Waals surface area (Å²) in [6.45, 7) is 3.91. The number of aromatic nitrogens is 3. The van der Waals surface area contributed by atoms with E-state index < -0.39 is 0 Å². The van der Waals surface area contributed by atoms with Crippen LogP contribution in [0.5, 0.6) is 0 Å². The summed E-state index contributed by atoms with van der Waals surface area (Å²) in [5, 5.41) is 8.10. The Morgan fingerprint density at radius 3 is 2.76 bits per heavy atom. The van der Waals surface area contributed by atoms with Crippen molar-refractivity contribution in [3.05, 3.63) is 34.7 Å². The molecule has 17 heavy (non-hydrogen) atoms. The molecule has 2 N–H and O–H groups in total. The van der Waals surface area contributed by atoms with E-state index in [0.717, 1.165) is 5.69 Å². The molecule has 1 aromatic carbocycles. The number of hydrogen-bond donors (Lipinski definition) is 1. The van der Waals surface area contributed by atoms with E-state index in [1.54, 1.807) is 0 Å². The van der Waals surface area contributed by atoms with Gasteiger partial charge in [0.15, 0.2) is 5.82 Å². The molecule has 0 aliphatic carbocycles. The molecule has 1 aromatic heterocycles. The van der Waals surface area contributed by atoms with Crippen LogP contribution in [0, 0.1) is 5.82 Å². The molecule has 1 heterocycles. The van der Waals surface area contributed by atoms with Gasteiger partial charge in [0.05, 0.1) is 16.4 Å². The van der Waals surface area contributed by atoms with Crippen LogP contribution in [0.4, 0.5) is 10.2 Å². The molecule has 0 atom stereocenters. The lowest BCUT2D eigenvalue weighted by Gasteiger charge is -2.10. The van der Waals surface area contributed by atoms with Crippen LogP contribution in [0.1, 0.15) is 25.5 Å². The summed E-state index contributed by atoms with van der Waals surface area (Å²) in [6, 6.07) is 4.08. The number of hydrogen-bond acceptors (Lipinski definition) is 3. The maximum Gasteiger partial charge on any atom is 0.169 e. The molecule has 0 fully saturated rings. The molecule has 6 heteroatoms. The van der Waals surface area contributed by atoms with E-state index in [1.165, 1.54) is 22.9 Å². The molecule has 0 aliphatic rings. The second-order valence-electron chi connectivity index (χ2n) is 4.02. The fraction of sp³-hybridized carbons (Fsp3) is 0.273. The van der Waals surface area contributed by atoms with Crippen molar-refractivity contribution in [1.82, 2.24) is 15.0 Å². The van der Waals surface area contributed by atoms with E-state index in [2.05, 4.69) is 10.3 Å². The Kier molecular flexibility index (Phi) is 3.02. The van der Waals surface area contributed by atoms with Gasteiger partial charge in [-0.3, -0.25) is 0 Å². The average molecular weight is 255 g/mol. The SMILES string of the molecule is CC(C)c1c(N)nnn1-c1cc(F)ccc1Cl. The van der Waals surface area contributed by atoms with Crippen LogP contribution in [0.3, 0.4) is 0 Å². The van der Waals surface area contributed by atoms with Crippen molar-refractivity contribution in [2.75, 3.05) is 5.73 Å². The second-order valence-corrected chi connectivity index (χ2v) is 4.43. The van der Waals surface area contributed by atoms with E-state index in [4.69, 9.17) is 17.3 Å². The lowest BCUT2D eigenvalue weighted by atomic mass is 10.1. The molecular weight excluding hydrogens is 243 g/mol. The summed E-state index contributed by atoms with van der Waals surface area (Å²) in [4.78, 5) is 0. The first-order valence-electron chi connectivity index (χ1n) is 5.17. The number of nitrogens with zero attached hydrogens (tertiary/aromatic N) is 3. The number of nitrogen functional groups attached to an aromatic ring is 1. The lowest BCUT2D eigenvalue weighted by Crippen LogP contribution is -2.06. The van der Waals surface area contributed by atoms with Gasteiger partial charge in [0.1, 0.15) is 5.82 Å². The Morgan fingerprint density at radius 1 is 1.41 bits per heavy atom. The van der Waals surface area contributed by atoms with Gasteiger partial charge < -0.3 is 5.73 Å². The van der Waals surface area contributed by atoms with Gasteiger partial charge in [-0.15, -0.1) is 5.10 Å². The average Bonchev–Trinajstić information content (AvgIpc) is 2.64. The Labute approximate surface area is 103 Å². The zero-order valence-corrected chi connectivity index (χ0v) is 10.2. The molecule has 2 aromatic rings. The van der Waals surface area contributed by atoms with Gasteiger partial charge in [-0.1, -0.05) is 30.7 Å². The van der Waals surface area contributed by atoms with Gasteiger partial charge in [0, 0.05) is 6.07 Å². The molecule has 0 bridgehead atoms. The Morgan fingerprint density at radius 2 is 2.12 bits per heavy atom. The zero-order chi connectivity index (χ0) is 12.6. The normalized spacial score (nSPS) is 11.1. The van der Waals surface area contributed by atoms with E-state index in [-0.39, 0.29) is 11.7 Å². The van der Waals surface area contributed by atoms with Crippen LogP contribution in [-0.2, 0) is 0 Å². The zero-order valence-electron chi connectivity index (χ0n) is 9.48. The molecule has 0 amide bonds. The highest BCUT2D eigenvalue weighted by Gasteiger charge is 2.17. The minimum atomic E-state index is -0.381. The summed E-state index contributed by atoms with van der Waals surface area (Å²) in [7, 11) is 0. The first kappa shape index (κ1) is 11.9. The Balaban J connectivity index is 2.64. The summed E-state index contributed by atoms with van der Waals surface area (Å²) in [5.41, 5.74) is 6.90. The van der Waals surface area contributed by atoms with Crippen LogP contribution in [0.25, 0.3) is 5.69 Å². The van der Waals surface area contributed by atoms with Crippen LogP contribution < -0.4 is 5.73 Å². The van der Waals surface area contributed by atoms with Crippen LogP contribution in [-0.4, -0.2) is 15.0 Å². The van der Waals surface area contributed by atoms with Crippen LogP contribution >= 0.6 is 11.6 Å². The van der Waals surface area contributed by atoms with E-state index >= 15 is 0 Å². The van der Waals surface area contributed by atoms with Crippen molar-refractivity contribution in [3.8, 4) is 5.69 Å². The summed E-state index contributed by atoms with van der Waals surface area (Å²) in [5.74, 6) is 0.0674. The third-order valence-corrected chi connectivity index (χ3v) is 2.74. The maximum absolute atomic E-state index is 13.2. The largest absolute Gasteiger partial charge is 0.381 e. The van der Waals surface area contributed by atoms with Crippen molar-refractivity contribution < 1.29 is 4.39 Å². The number of halogens is 2. The van der Waals surface area contributed by atoms with Gasteiger partial charge in [-0.2, -0.15) is 0 Å². The molecule has 0 aliphatic heterocycles. The van der Waals surface area contributed by atoms with Crippen LogP contribution in [0.2, 0.25) is 5.02 Å². The second kappa shape index (κ2) is 4.33. The van der Waals surface area contributed by atoms with Crippen LogP contribution in [0.15, 0.2) is 18.2 Å². The van der Waals surface area contributed by atoms with Gasteiger partial charge in [-0.05, 0) is 18.1 Å². The van der Waals surface area contributed by atoms with Crippen molar-refractivity contribution in [3.63, 3.8) is 0 Å². The number of nitrogens with two attached hydrogens (primary N) is 1. The molecule has 0 unspecified atom stereocenters. The predicted molar refractivity (Wildman–Crippen MR) is 64.8 cm³/mol. The third-order valence-electron chi connectivity index (χ3n) is 2.42. The highest BCUT2D eigenvalue weighted by Crippen LogP contribution is 2.27. The van der Waals surface area contributed by atoms with E-state index in [0.29, 0.717) is 16.5 Å². The monoisotopic (exact) mass is 254 g/mol. The van der Waals surface area contributed by atoms with Crippen molar-refractivity contribution in [2.45, 2.75) is 19.8 Å². The number of anilines is 1. The molecule has 0 radical (unpaired) electrons. The molecule has 90 valence electrons. The number of rotatable bonds is 2. The summed E-state index contributed by atoms with van der Waals surface area (Å²) >= 11 is 6.02. The van der Waals surface area contributed by atoms with Crippen molar-refractivity contribution >= 4 is 17.4 Å². The molecule has 2 rings (SSSR count). The first-order chi connectivity index (χ1) is 8.00. The van der Waals surface area contributed by atoms with E-state index in [9.17, 15) is 4.39 Å². The highest BCUT2D eigenvalue weighted by molar-refractivity contribution is 6.32. The fourth-order valence-corrected chi connectivity index (χ4v) is 1.86. The minimum Gasteiger partial charge on any atom is -0.381 e. The van der Waals surface area contributed by atoms with Gasteiger partial charge >= 0.3 is 0 Å². The van der Waals surface area contributed by atoms with Gasteiger partial charge in [-0.25, -0.2) is 9.07 Å². The molecular formula is C11H12ClFN4.